The summed E-state index contributed by atoms with van der Waals surface area (Å²) in [6.07, 6.45) is 5.62. The molecule has 142 valence electrons. The van der Waals surface area contributed by atoms with E-state index >= 15 is 0 Å². The summed E-state index contributed by atoms with van der Waals surface area (Å²) in [4.78, 5) is 28.3. The average Bonchev–Trinajstić information content (AvgIpc) is 2.56. The van der Waals surface area contributed by atoms with E-state index in [1.165, 1.54) is 12.6 Å². The van der Waals surface area contributed by atoms with Crippen LogP contribution >= 0.6 is 7.92 Å². The van der Waals surface area contributed by atoms with Gasteiger partial charge in [0.1, 0.15) is 0 Å². The number of rotatable bonds is 13. The lowest BCUT2D eigenvalue weighted by Crippen LogP contribution is -2.31. The van der Waals surface area contributed by atoms with Crippen molar-refractivity contribution in [3.63, 3.8) is 0 Å². The average molecular weight is 359 g/mol. The molecule has 0 aromatic heterocycles. The van der Waals surface area contributed by atoms with Crippen LogP contribution in [0.4, 0.5) is 0 Å². The highest BCUT2D eigenvalue weighted by Crippen LogP contribution is 2.39. The van der Waals surface area contributed by atoms with E-state index in [-0.39, 0.29) is 19.7 Å². The Bertz CT molecular complexity index is 325. The molecule has 0 saturated carbocycles. The number of amides is 2. The first kappa shape index (κ1) is 23.4. The molecule has 0 radical (unpaired) electrons. The van der Waals surface area contributed by atoms with E-state index < -0.39 is 0 Å². The summed E-state index contributed by atoms with van der Waals surface area (Å²) in [5.41, 5.74) is 0. The maximum absolute atomic E-state index is 12.2. The monoisotopic (exact) mass is 358 g/mol. The zero-order valence-corrected chi connectivity index (χ0v) is 17.7. The summed E-state index contributed by atoms with van der Waals surface area (Å²) in [5.74, 6) is 1.23. The van der Waals surface area contributed by atoms with E-state index in [9.17, 15) is 9.59 Å². The minimum absolute atomic E-state index is 0.223. The molecule has 5 heteroatoms. The van der Waals surface area contributed by atoms with Gasteiger partial charge in [0.15, 0.2) is 0 Å². The maximum Gasteiger partial charge on any atom is 0.222 e. The lowest BCUT2D eigenvalue weighted by Gasteiger charge is -2.24. The van der Waals surface area contributed by atoms with Crippen LogP contribution in [0.25, 0.3) is 0 Å². The number of hydrogen-bond acceptors (Lipinski definition) is 2. The van der Waals surface area contributed by atoms with Gasteiger partial charge in [0.25, 0.3) is 0 Å². The van der Waals surface area contributed by atoms with Crippen molar-refractivity contribution in [2.75, 3.05) is 44.7 Å². The van der Waals surface area contributed by atoms with Crippen LogP contribution in [0.2, 0.25) is 0 Å². The first-order valence-corrected chi connectivity index (χ1v) is 11.6. The predicted molar refractivity (Wildman–Crippen MR) is 106 cm³/mol. The molecule has 0 atom stereocenters. The SMILES string of the molecule is CCN(CC)C(=O)CCP(CCC(=O)N(CC)CC)CCC(C)C. The summed E-state index contributed by atoms with van der Waals surface area (Å²) in [5, 5.41) is 0. The molecule has 0 bridgehead atoms. The Hall–Kier alpha value is -0.630. The highest BCUT2D eigenvalue weighted by molar-refractivity contribution is 7.57. The Labute approximate surface area is 151 Å². The summed E-state index contributed by atoms with van der Waals surface area (Å²) < 4.78 is 0. The molecular weight excluding hydrogens is 319 g/mol. The van der Waals surface area contributed by atoms with Crippen molar-refractivity contribution in [2.24, 2.45) is 5.92 Å². The van der Waals surface area contributed by atoms with Crippen LogP contribution in [-0.2, 0) is 9.59 Å². The molecule has 0 heterocycles. The number of carbonyl (C=O) groups is 2. The van der Waals surface area contributed by atoms with Gasteiger partial charge >= 0.3 is 0 Å². The Morgan fingerprint density at radius 2 is 1.12 bits per heavy atom. The second kappa shape index (κ2) is 13.6. The fourth-order valence-electron chi connectivity index (χ4n) is 2.75. The van der Waals surface area contributed by atoms with Crippen molar-refractivity contribution in [3.8, 4) is 0 Å². The topological polar surface area (TPSA) is 40.6 Å². The van der Waals surface area contributed by atoms with Gasteiger partial charge in [-0.25, -0.2) is 0 Å². The molecule has 0 aliphatic rings. The fraction of sp³-hybridized carbons (Fsp3) is 0.895. The van der Waals surface area contributed by atoms with Crippen molar-refractivity contribution >= 4 is 19.7 Å². The first-order valence-electron chi connectivity index (χ1n) is 9.67. The molecule has 0 unspecified atom stereocenters. The number of hydrogen-bond donors (Lipinski definition) is 0. The largest absolute Gasteiger partial charge is 0.343 e. The van der Waals surface area contributed by atoms with E-state index in [2.05, 4.69) is 13.8 Å². The predicted octanol–water partition coefficient (Wildman–Crippen LogP) is 4.03. The van der Waals surface area contributed by atoms with Crippen LogP contribution in [0, 0.1) is 5.92 Å². The Morgan fingerprint density at radius 1 is 0.750 bits per heavy atom. The summed E-state index contributed by atoms with van der Waals surface area (Å²) >= 11 is 0. The Morgan fingerprint density at radius 3 is 1.42 bits per heavy atom. The van der Waals surface area contributed by atoms with Crippen LogP contribution in [0.3, 0.4) is 0 Å². The second-order valence-electron chi connectivity index (χ2n) is 6.66. The number of nitrogens with zero attached hydrogens (tertiary/aromatic N) is 2. The van der Waals surface area contributed by atoms with Gasteiger partial charge in [-0.3, -0.25) is 9.59 Å². The van der Waals surface area contributed by atoms with E-state index in [1.807, 2.05) is 37.5 Å². The van der Waals surface area contributed by atoms with Crippen molar-refractivity contribution in [2.45, 2.75) is 60.8 Å². The third kappa shape index (κ3) is 9.61. The standard InChI is InChI=1S/C19H39N2O2P/c1-7-20(8-2)18(22)12-15-24(14-11-17(5)6)16-13-19(23)21(9-3)10-4/h17H,7-16H2,1-6H3. The van der Waals surface area contributed by atoms with Crippen molar-refractivity contribution < 1.29 is 9.59 Å². The van der Waals surface area contributed by atoms with Crippen LogP contribution in [0.15, 0.2) is 0 Å². The van der Waals surface area contributed by atoms with E-state index in [0.29, 0.717) is 18.8 Å². The molecule has 0 aromatic carbocycles. The van der Waals surface area contributed by atoms with E-state index in [0.717, 1.165) is 38.5 Å². The minimum Gasteiger partial charge on any atom is -0.343 e. The van der Waals surface area contributed by atoms with Crippen LogP contribution in [0.5, 0.6) is 0 Å². The van der Waals surface area contributed by atoms with Gasteiger partial charge in [0.05, 0.1) is 0 Å². The summed E-state index contributed by atoms with van der Waals surface area (Å²) in [7, 11) is -0.223. The highest BCUT2D eigenvalue weighted by Gasteiger charge is 2.17. The minimum atomic E-state index is -0.223. The van der Waals surface area contributed by atoms with Gasteiger partial charge in [-0.1, -0.05) is 13.8 Å². The van der Waals surface area contributed by atoms with Gasteiger partial charge in [-0.05, 0) is 58.5 Å². The molecule has 0 aliphatic carbocycles. The molecule has 2 amide bonds. The second-order valence-corrected chi connectivity index (χ2v) is 9.34. The molecule has 24 heavy (non-hydrogen) atoms. The quantitative estimate of drug-likeness (QED) is 0.466. The summed E-state index contributed by atoms with van der Waals surface area (Å²) in [6.45, 7) is 15.8. The van der Waals surface area contributed by atoms with E-state index in [1.54, 1.807) is 0 Å². The van der Waals surface area contributed by atoms with E-state index in [4.69, 9.17) is 0 Å². The highest BCUT2D eigenvalue weighted by atomic mass is 31.1. The molecule has 0 aliphatic heterocycles. The molecule has 0 saturated heterocycles. The Balaban J connectivity index is 4.52. The zero-order valence-electron chi connectivity index (χ0n) is 16.8. The van der Waals surface area contributed by atoms with Gasteiger partial charge in [-0.2, -0.15) is 0 Å². The molecule has 4 nitrogen and oxygen atoms in total. The molecular formula is C19H39N2O2P. The molecule has 0 aromatic rings. The van der Waals surface area contributed by atoms with Crippen molar-refractivity contribution in [1.29, 1.82) is 0 Å². The van der Waals surface area contributed by atoms with Crippen molar-refractivity contribution in [3.05, 3.63) is 0 Å². The van der Waals surface area contributed by atoms with Crippen LogP contribution in [-0.4, -0.2) is 66.3 Å². The fourth-order valence-corrected chi connectivity index (χ4v) is 5.32. The third-order valence-electron chi connectivity index (χ3n) is 4.54. The molecule has 0 rings (SSSR count). The zero-order chi connectivity index (χ0) is 18.5. The van der Waals surface area contributed by atoms with Gasteiger partial charge in [0, 0.05) is 39.0 Å². The Kier molecular flexibility index (Phi) is 13.3. The van der Waals surface area contributed by atoms with Gasteiger partial charge < -0.3 is 9.80 Å². The maximum atomic E-state index is 12.2. The summed E-state index contributed by atoms with van der Waals surface area (Å²) in [6, 6.07) is 0. The first-order chi connectivity index (χ1) is 11.4. The smallest absolute Gasteiger partial charge is 0.222 e. The van der Waals surface area contributed by atoms with Crippen LogP contribution in [0.1, 0.15) is 60.8 Å². The van der Waals surface area contributed by atoms with Crippen molar-refractivity contribution in [1.82, 2.24) is 9.80 Å². The molecule has 0 spiro atoms. The van der Waals surface area contributed by atoms with Gasteiger partial charge in [0.2, 0.25) is 11.8 Å². The third-order valence-corrected chi connectivity index (χ3v) is 7.14. The van der Waals surface area contributed by atoms with Gasteiger partial charge in [-0.15, -0.1) is 7.92 Å². The molecule has 0 N–H and O–H groups in total. The normalized spacial score (nSPS) is 11.2. The molecule has 0 fully saturated rings. The number of carbonyl (C=O) groups excluding carboxylic acids is 2. The lowest BCUT2D eigenvalue weighted by molar-refractivity contribution is -0.131. The lowest BCUT2D eigenvalue weighted by atomic mass is 10.2. The van der Waals surface area contributed by atoms with Crippen LogP contribution < -0.4 is 0 Å².